The van der Waals surface area contributed by atoms with Gasteiger partial charge in [0, 0.05) is 41.5 Å². The number of nitrogens with zero attached hydrogens (tertiary/aromatic N) is 3. The third-order valence-electron chi connectivity index (χ3n) is 4.20. The van der Waals surface area contributed by atoms with Crippen molar-refractivity contribution in [2.75, 3.05) is 5.32 Å². The summed E-state index contributed by atoms with van der Waals surface area (Å²) in [6, 6.07) is 1.69. The number of halogens is 3. The summed E-state index contributed by atoms with van der Waals surface area (Å²) in [6.07, 6.45) is 2.33. The van der Waals surface area contributed by atoms with Gasteiger partial charge in [-0.25, -0.2) is 23.1 Å². The van der Waals surface area contributed by atoms with Gasteiger partial charge < -0.3 is 16.8 Å². The van der Waals surface area contributed by atoms with Crippen LogP contribution in [0.2, 0.25) is 0 Å². The van der Waals surface area contributed by atoms with Crippen LogP contribution in [0.4, 0.5) is 19.0 Å². The number of aromatic nitrogens is 1. The van der Waals surface area contributed by atoms with E-state index in [0.29, 0.717) is 29.1 Å². The fourth-order valence-corrected chi connectivity index (χ4v) is 2.25. The molecular weight excluding hydrogens is 393 g/mol. The number of hydrogen-bond donors (Lipinski definition) is 3. The summed E-state index contributed by atoms with van der Waals surface area (Å²) >= 11 is 0. The number of nitrogens with one attached hydrogen (secondary N) is 1. The van der Waals surface area contributed by atoms with Crippen molar-refractivity contribution < 1.29 is 13.2 Å². The highest BCUT2D eigenvalue weighted by Crippen LogP contribution is 2.20. The van der Waals surface area contributed by atoms with Gasteiger partial charge in [-0.1, -0.05) is 12.5 Å². The standard InChI is InChI=1S/C21H29F3N6/c1-6-12(2)18(26)8-20(29-14(4)21(23)24)30-19-7-13(3)17(11-28-19)16(9-25)10-27-15(5)22/h7-11,15,21H,6,25-26H2,1-5H3,(H,28,30)/b16-9+,18-12-,20-8+,27-10+,29-14+. The van der Waals surface area contributed by atoms with E-state index in [9.17, 15) is 13.2 Å². The summed E-state index contributed by atoms with van der Waals surface area (Å²) in [6.45, 7) is 8.14. The number of anilines is 1. The molecule has 164 valence electrons. The summed E-state index contributed by atoms with van der Waals surface area (Å²) in [5.41, 5.74) is 14.6. The molecule has 0 aliphatic carbocycles. The Bertz CT molecular complexity index is 883. The first-order chi connectivity index (χ1) is 14.1. The molecule has 6 nitrogen and oxygen atoms in total. The lowest BCUT2D eigenvalue weighted by Gasteiger charge is -2.12. The van der Waals surface area contributed by atoms with Crippen molar-refractivity contribution >= 4 is 23.3 Å². The first-order valence-corrected chi connectivity index (χ1v) is 9.42. The van der Waals surface area contributed by atoms with Crippen molar-refractivity contribution in [2.24, 2.45) is 21.5 Å². The lowest BCUT2D eigenvalue weighted by molar-refractivity contribution is 0.225. The summed E-state index contributed by atoms with van der Waals surface area (Å²) in [5.74, 6) is 0.516. The highest BCUT2D eigenvalue weighted by atomic mass is 19.3. The van der Waals surface area contributed by atoms with Crippen LogP contribution >= 0.6 is 0 Å². The zero-order valence-electron chi connectivity index (χ0n) is 17.9. The van der Waals surface area contributed by atoms with Crippen LogP contribution in [0.15, 0.2) is 51.6 Å². The van der Waals surface area contributed by atoms with E-state index >= 15 is 0 Å². The quantitative estimate of drug-likeness (QED) is 0.305. The molecule has 5 N–H and O–H groups in total. The van der Waals surface area contributed by atoms with Crippen LogP contribution in [-0.2, 0) is 0 Å². The molecule has 0 aromatic carbocycles. The molecule has 1 rings (SSSR count). The first-order valence-electron chi connectivity index (χ1n) is 9.42. The zero-order valence-corrected chi connectivity index (χ0v) is 17.9. The second-order valence-electron chi connectivity index (χ2n) is 6.66. The van der Waals surface area contributed by atoms with Crippen LogP contribution in [0.5, 0.6) is 0 Å². The van der Waals surface area contributed by atoms with E-state index in [1.807, 2.05) is 20.8 Å². The van der Waals surface area contributed by atoms with Crippen LogP contribution in [0, 0.1) is 6.92 Å². The van der Waals surface area contributed by atoms with Crippen LogP contribution in [0.1, 0.15) is 45.2 Å². The molecule has 30 heavy (non-hydrogen) atoms. The van der Waals surface area contributed by atoms with Crippen LogP contribution in [0.25, 0.3) is 5.57 Å². The average Bonchev–Trinajstić information content (AvgIpc) is 2.68. The molecular formula is C21H29F3N6. The topological polar surface area (TPSA) is 102 Å². The minimum atomic E-state index is -2.70. The number of nitrogens with two attached hydrogens (primary N) is 2. The van der Waals surface area contributed by atoms with Crippen LogP contribution in [0.3, 0.4) is 0 Å². The fourth-order valence-electron chi connectivity index (χ4n) is 2.25. The van der Waals surface area contributed by atoms with Crippen molar-refractivity contribution in [1.29, 1.82) is 0 Å². The van der Waals surface area contributed by atoms with Crippen LogP contribution in [-0.4, -0.2) is 29.6 Å². The molecule has 9 heteroatoms. The second kappa shape index (κ2) is 11.8. The Kier molecular flexibility index (Phi) is 9.80. The van der Waals surface area contributed by atoms with Gasteiger partial charge in [-0.2, -0.15) is 0 Å². The van der Waals surface area contributed by atoms with Crippen LogP contribution < -0.4 is 16.8 Å². The Balaban J connectivity index is 3.30. The first kappa shape index (κ1) is 24.9. The molecule has 0 bridgehead atoms. The lowest BCUT2D eigenvalue weighted by atomic mass is 10.0. The third kappa shape index (κ3) is 7.73. The van der Waals surface area contributed by atoms with Gasteiger partial charge in [-0.3, -0.25) is 4.99 Å². The van der Waals surface area contributed by atoms with Crippen molar-refractivity contribution in [1.82, 2.24) is 4.98 Å². The Labute approximate surface area is 175 Å². The molecule has 1 atom stereocenters. The van der Waals surface area contributed by atoms with Gasteiger partial charge in [0.15, 0.2) is 6.30 Å². The Morgan fingerprint density at radius 3 is 2.47 bits per heavy atom. The molecule has 0 amide bonds. The summed E-state index contributed by atoms with van der Waals surface area (Å²) < 4.78 is 38.9. The molecule has 0 spiro atoms. The van der Waals surface area contributed by atoms with Gasteiger partial charge >= 0.3 is 0 Å². The van der Waals surface area contributed by atoms with E-state index in [2.05, 4.69) is 20.3 Å². The molecule has 0 aliphatic rings. The summed E-state index contributed by atoms with van der Waals surface area (Å²) in [4.78, 5) is 11.9. The van der Waals surface area contributed by atoms with Gasteiger partial charge in [0.05, 0.1) is 5.71 Å². The van der Waals surface area contributed by atoms with E-state index in [1.54, 1.807) is 6.07 Å². The maximum Gasteiger partial charge on any atom is 0.276 e. The maximum atomic E-state index is 13.0. The molecule has 0 radical (unpaired) electrons. The molecule has 1 heterocycles. The van der Waals surface area contributed by atoms with E-state index in [0.717, 1.165) is 11.1 Å². The summed E-state index contributed by atoms with van der Waals surface area (Å²) in [5, 5.41) is 2.92. The van der Waals surface area contributed by atoms with Gasteiger partial charge in [-0.15, -0.1) is 0 Å². The highest BCUT2D eigenvalue weighted by Gasteiger charge is 2.11. The average molecular weight is 422 g/mol. The number of rotatable bonds is 9. The molecule has 0 fully saturated rings. The normalized spacial score (nSPS) is 15.6. The lowest BCUT2D eigenvalue weighted by Crippen LogP contribution is -2.10. The smallest absolute Gasteiger partial charge is 0.276 e. The van der Waals surface area contributed by atoms with Gasteiger partial charge in [0.25, 0.3) is 6.43 Å². The Hall–Kier alpha value is -3.10. The maximum absolute atomic E-state index is 13.0. The van der Waals surface area contributed by atoms with Crippen molar-refractivity contribution in [2.45, 2.75) is 53.8 Å². The van der Waals surface area contributed by atoms with Gasteiger partial charge in [-0.05, 0) is 45.7 Å². The second-order valence-corrected chi connectivity index (χ2v) is 6.66. The van der Waals surface area contributed by atoms with Gasteiger partial charge in [0.1, 0.15) is 11.6 Å². The molecule has 0 saturated heterocycles. The zero-order chi connectivity index (χ0) is 22.8. The van der Waals surface area contributed by atoms with Crippen molar-refractivity contribution in [3.8, 4) is 0 Å². The Morgan fingerprint density at radius 2 is 1.97 bits per heavy atom. The Morgan fingerprint density at radius 1 is 1.30 bits per heavy atom. The number of alkyl halides is 3. The number of hydrogen-bond acceptors (Lipinski definition) is 6. The molecule has 1 aromatic rings. The molecule has 1 aromatic heterocycles. The SMILES string of the molecule is CC/C(C)=C(N)/C=C(\N=C(/C)C(F)F)Nc1cc(C)c(C(=C/N)/C=N/C(C)F)cn1. The molecule has 0 aliphatic heterocycles. The van der Waals surface area contributed by atoms with E-state index in [1.165, 1.54) is 38.5 Å². The summed E-state index contributed by atoms with van der Waals surface area (Å²) in [7, 11) is 0. The number of pyridine rings is 1. The predicted molar refractivity (Wildman–Crippen MR) is 118 cm³/mol. The number of allylic oxidation sites excluding steroid dienone is 3. The van der Waals surface area contributed by atoms with E-state index < -0.39 is 12.7 Å². The number of aliphatic imine (C=N–C) groups is 2. The minimum Gasteiger partial charge on any atom is -0.404 e. The monoisotopic (exact) mass is 422 g/mol. The third-order valence-corrected chi connectivity index (χ3v) is 4.20. The van der Waals surface area contributed by atoms with Crippen molar-refractivity contribution in [3.05, 3.63) is 52.8 Å². The largest absolute Gasteiger partial charge is 0.404 e. The predicted octanol–water partition coefficient (Wildman–Crippen LogP) is 4.70. The van der Waals surface area contributed by atoms with E-state index in [-0.39, 0.29) is 11.5 Å². The van der Waals surface area contributed by atoms with Crippen molar-refractivity contribution in [3.63, 3.8) is 0 Å². The number of aryl methyl sites for hydroxylation is 1. The molecule has 0 saturated carbocycles. The minimum absolute atomic E-state index is 0.139. The fraction of sp³-hybridized carbons (Fsp3) is 0.381. The van der Waals surface area contributed by atoms with E-state index in [4.69, 9.17) is 11.5 Å². The highest BCUT2D eigenvalue weighted by molar-refractivity contribution is 6.10. The molecule has 1 unspecified atom stereocenters. The van der Waals surface area contributed by atoms with Gasteiger partial charge in [0.2, 0.25) is 0 Å².